The summed E-state index contributed by atoms with van der Waals surface area (Å²) < 4.78 is 33.4. The minimum Gasteiger partial charge on any atom is -0.391 e. The fourth-order valence-electron chi connectivity index (χ4n) is 1.63. The van der Waals surface area contributed by atoms with E-state index in [1.54, 1.807) is 11.8 Å². The van der Waals surface area contributed by atoms with E-state index in [1.165, 1.54) is 0 Å². The average Bonchev–Trinajstić information content (AvgIpc) is 2.92. The topological polar surface area (TPSA) is 68.4 Å². The molecule has 2 unspecified atom stereocenters. The first-order valence-electron chi connectivity index (χ1n) is 5.61. The van der Waals surface area contributed by atoms with Gasteiger partial charge in [-0.05, 0) is 0 Å². The Morgan fingerprint density at radius 2 is 2.33 bits per heavy atom. The molecule has 0 radical (unpaired) electrons. The first-order valence-corrected chi connectivity index (χ1v) is 6.76. The van der Waals surface area contributed by atoms with Gasteiger partial charge in [0.1, 0.15) is 6.61 Å². The second kappa shape index (κ2) is 6.44. The van der Waals surface area contributed by atoms with E-state index in [-0.39, 0.29) is 12.5 Å². The van der Waals surface area contributed by atoms with Crippen LogP contribution in [0, 0.1) is 0 Å². The number of hydrogen-bond acceptors (Lipinski definition) is 6. The monoisotopic (exact) mass is 280 g/mol. The lowest BCUT2D eigenvalue weighted by atomic mass is 10.1. The number of rotatable bonds is 6. The molecule has 0 bridgehead atoms. The summed E-state index contributed by atoms with van der Waals surface area (Å²) in [6.07, 6.45) is -2.60. The summed E-state index contributed by atoms with van der Waals surface area (Å²) in [7, 11) is 0. The molecule has 8 heteroatoms. The molecule has 1 aromatic rings. The van der Waals surface area contributed by atoms with Crippen LogP contribution in [0.3, 0.4) is 0 Å². The minimum atomic E-state index is -2.46. The van der Waals surface area contributed by atoms with Crippen LogP contribution in [0.1, 0.15) is 17.6 Å². The highest BCUT2D eigenvalue weighted by atomic mass is 32.2. The number of halogens is 2. The lowest BCUT2D eigenvalue weighted by Crippen LogP contribution is -2.16. The van der Waals surface area contributed by atoms with Gasteiger partial charge in [-0.2, -0.15) is 16.7 Å². The van der Waals surface area contributed by atoms with Crippen LogP contribution in [0.25, 0.3) is 0 Å². The van der Waals surface area contributed by atoms with E-state index < -0.39 is 19.1 Å². The molecule has 1 N–H and O–H groups in total. The molecule has 0 aromatic carbocycles. The standard InChI is InChI=1S/C10H14F2N2O3S/c11-8(12)3-16-2-1-9-13-10(17-14-9)6-4-18-5-7(6)15/h6-8,15H,1-5H2. The van der Waals surface area contributed by atoms with Crippen LogP contribution in [0.15, 0.2) is 4.52 Å². The molecule has 1 aromatic heterocycles. The summed E-state index contributed by atoms with van der Waals surface area (Å²) in [5.41, 5.74) is 0. The third-order valence-electron chi connectivity index (χ3n) is 2.57. The summed E-state index contributed by atoms with van der Waals surface area (Å²) in [5.74, 6) is 2.13. The predicted octanol–water partition coefficient (Wildman–Crippen LogP) is 1.09. The molecule has 2 heterocycles. The largest absolute Gasteiger partial charge is 0.391 e. The molecule has 2 atom stereocenters. The van der Waals surface area contributed by atoms with Crippen molar-refractivity contribution in [1.82, 2.24) is 10.1 Å². The molecular formula is C10H14F2N2O3S. The summed E-state index contributed by atoms with van der Waals surface area (Å²) in [6.45, 7) is -0.450. The number of thioether (sulfide) groups is 1. The number of hydrogen-bond donors (Lipinski definition) is 1. The SMILES string of the molecule is OC1CSCC1c1nc(CCOCC(F)F)no1. The van der Waals surface area contributed by atoms with E-state index in [0.29, 0.717) is 23.9 Å². The maximum Gasteiger partial charge on any atom is 0.261 e. The lowest BCUT2D eigenvalue weighted by Gasteiger charge is -2.06. The Bertz CT molecular complexity index is 378. The maximum absolute atomic E-state index is 11.8. The molecule has 2 rings (SSSR count). The van der Waals surface area contributed by atoms with Gasteiger partial charge in [0.25, 0.3) is 6.43 Å². The Kier molecular flexibility index (Phi) is 4.90. The van der Waals surface area contributed by atoms with Gasteiger partial charge in [-0.25, -0.2) is 8.78 Å². The Morgan fingerprint density at radius 3 is 3.00 bits per heavy atom. The number of alkyl halides is 2. The van der Waals surface area contributed by atoms with Crippen molar-refractivity contribution in [3.05, 3.63) is 11.7 Å². The molecule has 102 valence electrons. The van der Waals surface area contributed by atoms with E-state index in [0.717, 1.165) is 5.75 Å². The molecule has 1 aliphatic heterocycles. The Labute approximate surface area is 107 Å². The van der Waals surface area contributed by atoms with Crippen molar-refractivity contribution in [1.29, 1.82) is 0 Å². The van der Waals surface area contributed by atoms with Crippen LogP contribution in [-0.4, -0.2) is 52.5 Å². The van der Waals surface area contributed by atoms with E-state index in [2.05, 4.69) is 10.1 Å². The predicted molar refractivity (Wildman–Crippen MR) is 60.9 cm³/mol. The van der Waals surface area contributed by atoms with Crippen molar-refractivity contribution in [3.8, 4) is 0 Å². The third-order valence-corrected chi connectivity index (χ3v) is 3.74. The summed E-state index contributed by atoms with van der Waals surface area (Å²) in [4.78, 5) is 4.14. The smallest absolute Gasteiger partial charge is 0.261 e. The zero-order valence-electron chi connectivity index (χ0n) is 9.59. The molecule has 1 fully saturated rings. The van der Waals surface area contributed by atoms with Crippen molar-refractivity contribution < 1.29 is 23.1 Å². The zero-order valence-corrected chi connectivity index (χ0v) is 10.4. The highest BCUT2D eigenvalue weighted by Crippen LogP contribution is 2.31. The first kappa shape index (κ1) is 13.7. The Balaban J connectivity index is 1.79. The molecule has 0 aliphatic carbocycles. The molecule has 0 amide bonds. The fraction of sp³-hybridized carbons (Fsp3) is 0.800. The van der Waals surface area contributed by atoms with Gasteiger partial charge in [-0.15, -0.1) is 0 Å². The summed E-state index contributed by atoms with van der Waals surface area (Å²) in [5, 5.41) is 13.4. The Morgan fingerprint density at radius 1 is 1.50 bits per heavy atom. The van der Waals surface area contributed by atoms with Crippen LogP contribution in [-0.2, 0) is 11.2 Å². The second-order valence-corrected chi connectivity index (χ2v) is 5.05. The van der Waals surface area contributed by atoms with Gasteiger partial charge in [0.2, 0.25) is 5.89 Å². The highest BCUT2D eigenvalue weighted by molar-refractivity contribution is 7.99. The van der Waals surface area contributed by atoms with Gasteiger partial charge in [0, 0.05) is 17.9 Å². The zero-order chi connectivity index (χ0) is 13.0. The summed E-state index contributed by atoms with van der Waals surface area (Å²) in [6, 6.07) is 0. The highest BCUT2D eigenvalue weighted by Gasteiger charge is 2.31. The number of aromatic nitrogens is 2. The molecular weight excluding hydrogens is 266 g/mol. The van der Waals surface area contributed by atoms with Crippen LogP contribution < -0.4 is 0 Å². The van der Waals surface area contributed by atoms with Gasteiger partial charge < -0.3 is 14.4 Å². The fourth-order valence-corrected chi connectivity index (χ4v) is 2.86. The van der Waals surface area contributed by atoms with Gasteiger partial charge in [0.05, 0.1) is 18.6 Å². The van der Waals surface area contributed by atoms with Crippen molar-refractivity contribution in [2.45, 2.75) is 24.9 Å². The van der Waals surface area contributed by atoms with E-state index in [4.69, 9.17) is 9.26 Å². The average molecular weight is 280 g/mol. The molecule has 0 spiro atoms. The Hall–Kier alpha value is -0.730. The minimum absolute atomic E-state index is 0.127. The van der Waals surface area contributed by atoms with E-state index in [1.807, 2.05) is 0 Å². The van der Waals surface area contributed by atoms with Gasteiger partial charge in [-0.1, -0.05) is 5.16 Å². The quantitative estimate of drug-likeness (QED) is 0.787. The van der Waals surface area contributed by atoms with Gasteiger partial charge in [-0.3, -0.25) is 0 Å². The molecule has 1 aliphatic rings. The van der Waals surface area contributed by atoms with Crippen molar-refractivity contribution >= 4 is 11.8 Å². The van der Waals surface area contributed by atoms with Crippen LogP contribution in [0.4, 0.5) is 8.78 Å². The molecule has 1 saturated heterocycles. The number of ether oxygens (including phenoxy) is 1. The maximum atomic E-state index is 11.8. The third kappa shape index (κ3) is 3.63. The van der Waals surface area contributed by atoms with Crippen molar-refractivity contribution in [2.24, 2.45) is 0 Å². The first-order chi connectivity index (χ1) is 8.66. The number of nitrogens with zero attached hydrogens (tertiary/aromatic N) is 2. The van der Waals surface area contributed by atoms with Crippen molar-refractivity contribution in [3.63, 3.8) is 0 Å². The van der Waals surface area contributed by atoms with Gasteiger partial charge in [0.15, 0.2) is 5.82 Å². The van der Waals surface area contributed by atoms with Crippen molar-refractivity contribution in [2.75, 3.05) is 24.7 Å². The molecule has 5 nitrogen and oxygen atoms in total. The normalized spacial score (nSPS) is 24.0. The lowest BCUT2D eigenvalue weighted by molar-refractivity contribution is 0.0182. The summed E-state index contributed by atoms with van der Waals surface area (Å²) >= 11 is 1.63. The molecule has 0 saturated carbocycles. The second-order valence-electron chi connectivity index (χ2n) is 3.98. The van der Waals surface area contributed by atoms with Crippen LogP contribution >= 0.6 is 11.8 Å². The number of aliphatic hydroxyl groups is 1. The number of aliphatic hydroxyl groups excluding tert-OH is 1. The molecule has 18 heavy (non-hydrogen) atoms. The van der Waals surface area contributed by atoms with E-state index >= 15 is 0 Å². The van der Waals surface area contributed by atoms with Crippen LogP contribution in [0.2, 0.25) is 0 Å². The van der Waals surface area contributed by atoms with E-state index in [9.17, 15) is 13.9 Å². The van der Waals surface area contributed by atoms with Gasteiger partial charge >= 0.3 is 0 Å². The van der Waals surface area contributed by atoms with Crippen LogP contribution in [0.5, 0.6) is 0 Å².